The molecule has 5 nitrogen and oxygen atoms in total. The van der Waals surface area contributed by atoms with Crippen LogP contribution in [0.3, 0.4) is 0 Å². The summed E-state index contributed by atoms with van der Waals surface area (Å²) in [6.07, 6.45) is 1.59. The van der Waals surface area contributed by atoms with Crippen LogP contribution in [0.1, 0.15) is 17.0 Å². The molecule has 1 N–H and O–H groups in total. The molecular weight excluding hydrogens is 453 g/mol. The third-order valence-corrected chi connectivity index (χ3v) is 5.79. The third-order valence-electron chi connectivity index (χ3n) is 5.02. The number of carbonyl (C=O) groups excluding carboxylic acids is 2. The van der Waals surface area contributed by atoms with Crippen LogP contribution in [0, 0.1) is 13.8 Å². The van der Waals surface area contributed by atoms with Gasteiger partial charge in [0.05, 0.1) is 5.69 Å². The number of thiocarbonyl (C=S) groups is 1. The maximum absolute atomic E-state index is 13.2. The molecule has 31 heavy (non-hydrogen) atoms. The minimum atomic E-state index is -0.537. The maximum atomic E-state index is 13.2. The third kappa shape index (κ3) is 4.02. The lowest BCUT2D eigenvalue weighted by Crippen LogP contribution is -2.54. The van der Waals surface area contributed by atoms with Gasteiger partial charge in [-0.25, -0.2) is 0 Å². The number of rotatable bonds is 3. The molecule has 1 saturated heterocycles. The van der Waals surface area contributed by atoms with Crippen LogP contribution >= 0.6 is 35.4 Å². The Kier molecular flexibility index (Phi) is 5.71. The van der Waals surface area contributed by atoms with Gasteiger partial charge in [0.15, 0.2) is 5.11 Å². The predicted octanol–water partition coefficient (Wildman–Crippen LogP) is 5.23. The second-order valence-electron chi connectivity index (χ2n) is 7.08. The van der Waals surface area contributed by atoms with Crippen LogP contribution in [0.5, 0.6) is 0 Å². The molecule has 0 spiro atoms. The fourth-order valence-electron chi connectivity index (χ4n) is 3.58. The number of amides is 2. The number of nitrogens with zero attached hydrogens (tertiary/aromatic N) is 2. The van der Waals surface area contributed by atoms with E-state index < -0.39 is 11.8 Å². The number of benzene rings is 2. The van der Waals surface area contributed by atoms with Crippen molar-refractivity contribution in [3.63, 3.8) is 0 Å². The van der Waals surface area contributed by atoms with Crippen molar-refractivity contribution >= 4 is 64.1 Å². The van der Waals surface area contributed by atoms with Gasteiger partial charge in [-0.05, 0) is 86.2 Å². The van der Waals surface area contributed by atoms with Gasteiger partial charge in [0.2, 0.25) is 0 Å². The van der Waals surface area contributed by atoms with Crippen LogP contribution in [0.25, 0.3) is 11.8 Å². The number of aryl methyl sites for hydroxylation is 1. The van der Waals surface area contributed by atoms with Crippen LogP contribution in [-0.2, 0) is 9.59 Å². The molecule has 1 aliphatic rings. The predicted molar refractivity (Wildman–Crippen MR) is 128 cm³/mol. The summed E-state index contributed by atoms with van der Waals surface area (Å²) in [6, 6.07) is 16.1. The van der Waals surface area contributed by atoms with E-state index in [2.05, 4.69) is 5.32 Å². The topological polar surface area (TPSA) is 54.3 Å². The largest absolute Gasteiger partial charge is 0.318 e. The van der Waals surface area contributed by atoms with E-state index in [1.54, 1.807) is 30.3 Å². The Morgan fingerprint density at radius 2 is 1.65 bits per heavy atom. The zero-order valence-electron chi connectivity index (χ0n) is 16.6. The number of halogens is 2. The van der Waals surface area contributed by atoms with E-state index in [4.69, 9.17) is 35.4 Å². The van der Waals surface area contributed by atoms with Gasteiger partial charge in [-0.1, -0.05) is 29.3 Å². The molecule has 0 unspecified atom stereocenters. The molecule has 3 aromatic rings. The standard InChI is InChI=1S/C23H17Cl2N3O2S/c1-13-10-15(14(2)27(13)18-8-6-16(24)7-9-18)11-20-21(29)26-23(31)28(22(20)30)19-5-3-4-17(25)12-19/h3-12H,1-2H3,(H,26,29,31). The van der Waals surface area contributed by atoms with Gasteiger partial charge >= 0.3 is 0 Å². The first kappa shape index (κ1) is 21.3. The summed E-state index contributed by atoms with van der Waals surface area (Å²) in [7, 11) is 0. The van der Waals surface area contributed by atoms with E-state index in [9.17, 15) is 9.59 Å². The van der Waals surface area contributed by atoms with Crippen LogP contribution in [0.4, 0.5) is 5.69 Å². The first-order valence-electron chi connectivity index (χ1n) is 9.38. The highest BCUT2D eigenvalue weighted by Crippen LogP contribution is 2.27. The van der Waals surface area contributed by atoms with Crippen molar-refractivity contribution in [3.05, 3.63) is 87.2 Å². The summed E-state index contributed by atoms with van der Waals surface area (Å²) in [5.74, 6) is -1.04. The van der Waals surface area contributed by atoms with E-state index in [1.165, 1.54) is 4.90 Å². The van der Waals surface area contributed by atoms with Crippen molar-refractivity contribution in [1.82, 2.24) is 9.88 Å². The van der Waals surface area contributed by atoms with Gasteiger partial charge in [-0.3, -0.25) is 19.8 Å². The fraction of sp³-hybridized carbons (Fsp3) is 0.0870. The second kappa shape index (κ2) is 8.30. The number of anilines is 1. The van der Waals surface area contributed by atoms with Crippen molar-refractivity contribution in [2.24, 2.45) is 0 Å². The zero-order chi connectivity index (χ0) is 22.3. The Labute approximate surface area is 194 Å². The van der Waals surface area contributed by atoms with Gasteiger partial charge in [-0.15, -0.1) is 0 Å². The molecular formula is C23H17Cl2N3O2S. The average Bonchev–Trinajstić information content (AvgIpc) is 2.99. The molecule has 156 valence electrons. The van der Waals surface area contributed by atoms with Gasteiger partial charge in [0, 0.05) is 27.1 Å². The van der Waals surface area contributed by atoms with E-state index in [0.29, 0.717) is 15.7 Å². The summed E-state index contributed by atoms with van der Waals surface area (Å²) >= 11 is 17.3. The molecule has 2 heterocycles. The molecule has 0 radical (unpaired) electrons. The quantitative estimate of drug-likeness (QED) is 0.324. The Morgan fingerprint density at radius 3 is 2.32 bits per heavy atom. The van der Waals surface area contributed by atoms with Crippen LogP contribution in [-0.4, -0.2) is 21.5 Å². The lowest BCUT2D eigenvalue weighted by molar-refractivity contribution is -0.122. The van der Waals surface area contributed by atoms with Crippen molar-refractivity contribution in [3.8, 4) is 5.69 Å². The molecule has 1 fully saturated rings. The minimum absolute atomic E-state index is 0.00932. The molecule has 8 heteroatoms. The number of nitrogens with one attached hydrogen (secondary N) is 1. The first-order chi connectivity index (χ1) is 14.8. The van der Waals surface area contributed by atoms with Crippen molar-refractivity contribution in [1.29, 1.82) is 0 Å². The summed E-state index contributed by atoms with van der Waals surface area (Å²) < 4.78 is 2.04. The Balaban J connectivity index is 1.76. The molecule has 0 bridgehead atoms. The Morgan fingerprint density at radius 1 is 0.935 bits per heavy atom. The monoisotopic (exact) mass is 469 g/mol. The SMILES string of the molecule is Cc1cc(C=C2C(=O)NC(=S)N(c3cccc(Cl)c3)C2=O)c(C)n1-c1ccc(Cl)cc1. The van der Waals surface area contributed by atoms with E-state index >= 15 is 0 Å². The molecule has 1 aliphatic heterocycles. The van der Waals surface area contributed by atoms with E-state index in [1.807, 2.05) is 48.7 Å². The van der Waals surface area contributed by atoms with Crippen LogP contribution in [0.2, 0.25) is 10.0 Å². The molecule has 0 aliphatic carbocycles. The molecule has 0 saturated carbocycles. The number of carbonyl (C=O) groups is 2. The van der Waals surface area contributed by atoms with Gasteiger partial charge in [0.1, 0.15) is 5.57 Å². The second-order valence-corrected chi connectivity index (χ2v) is 8.34. The summed E-state index contributed by atoms with van der Waals surface area (Å²) in [5, 5.41) is 3.71. The highest BCUT2D eigenvalue weighted by molar-refractivity contribution is 7.80. The maximum Gasteiger partial charge on any atom is 0.270 e. The lowest BCUT2D eigenvalue weighted by Gasteiger charge is -2.29. The lowest BCUT2D eigenvalue weighted by atomic mass is 10.1. The molecule has 0 atom stereocenters. The number of aromatic nitrogens is 1. The van der Waals surface area contributed by atoms with Crippen molar-refractivity contribution in [2.75, 3.05) is 4.90 Å². The smallest absolute Gasteiger partial charge is 0.270 e. The number of hydrogen-bond acceptors (Lipinski definition) is 3. The zero-order valence-corrected chi connectivity index (χ0v) is 19.0. The van der Waals surface area contributed by atoms with Crippen LogP contribution < -0.4 is 10.2 Å². The van der Waals surface area contributed by atoms with Crippen molar-refractivity contribution < 1.29 is 9.59 Å². The van der Waals surface area contributed by atoms with Gasteiger partial charge < -0.3 is 4.57 Å². The normalized spacial score (nSPS) is 15.5. The fourth-order valence-corrected chi connectivity index (χ4v) is 4.18. The highest BCUT2D eigenvalue weighted by Gasteiger charge is 2.34. The molecule has 2 amide bonds. The summed E-state index contributed by atoms with van der Waals surface area (Å²) in [4.78, 5) is 27.1. The van der Waals surface area contributed by atoms with Gasteiger partial charge in [0.25, 0.3) is 11.8 Å². The first-order valence-corrected chi connectivity index (χ1v) is 10.5. The van der Waals surface area contributed by atoms with E-state index in [0.717, 1.165) is 22.6 Å². The molecule has 2 aromatic carbocycles. The average molecular weight is 470 g/mol. The summed E-state index contributed by atoms with van der Waals surface area (Å²) in [5.41, 5.74) is 4.01. The minimum Gasteiger partial charge on any atom is -0.318 e. The van der Waals surface area contributed by atoms with Crippen molar-refractivity contribution in [2.45, 2.75) is 13.8 Å². The van der Waals surface area contributed by atoms with Crippen LogP contribution in [0.15, 0.2) is 60.2 Å². The highest BCUT2D eigenvalue weighted by atomic mass is 35.5. The Bertz CT molecular complexity index is 1260. The van der Waals surface area contributed by atoms with Gasteiger partial charge in [-0.2, -0.15) is 0 Å². The van der Waals surface area contributed by atoms with E-state index in [-0.39, 0.29) is 10.7 Å². The Hall–Kier alpha value is -2.93. The summed E-state index contributed by atoms with van der Waals surface area (Å²) in [6.45, 7) is 3.89. The molecule has 1 aromatic heterocycles. The molecule has 4 rings (SSSR count). The number of hydrogen-bond donors (Lipinski definition) is 1.